The van der Waals surface area contributed by atoms with Gasteiger partial charge in [-0.1, -0.05) is 24.3 Å². The Labute approximate surface area is 195 Å². The number of benzene rings is 2. The zero-order chi connectivity index (χ0) is 23.5. The molecule has 7 heteroatoms. The number of piperazine rings is 2. The van der Waals surface area contributed by atoms with E-state index in [-0.39, 0.29) is 5.91 Å². The molecule has 3 amide bonds. The maximum Gasteiger partial charge on any atom is 0.312 e. The van der Waals surface area contributed by atoms with Crippen LogP contribution in [-0.4, -0.2) is 78.2 Å². The minimum Gasteiger partial charge on any atom is -0.368 e. The third-order valence-corrected chi connectivity index (χ3v) is 6.63. The molecule has 0 N–H and O–H groups in total. The molecule has 0 atom stereocenters. The number of carbonyl (C=O) groups excluding carboxylic acids is 3. The van der Waals surface area contributed by atoms with Crippen molar-refractivity contribution in [2.45, 2.75) is 27.3 Å². The molecule has 2 aliphatic heterocycles. The van der Waals surface area contributed by atoms with Crippen LogP contribution in [0.5, 0.6) is 0 Å². The Bertz CT molecular complexity index is 1040. The third kappa shape index (κ3) is 4.87. The molecule has 4 rings (SSSR count). The summed E-state index contributed by atoms with van der Waals surface area (Å²) in [4.78, 5) is 44.9. The summed E-state index contributed by atoms with van der Waals surface area (Å²) in [5.74, 6) is -0.856. The van der Waals surface area contributed by atoms with Crippen LogP contribution in [0.4, 0.5) is 5.69 Å². The van der Waals surface area contributed by atoms with E-state index < -0.39 is 11.8 Å². The molecule has 0 bridgehead atoms. The average Bonchev–Trinajstić information content (AvgIpc) is 2.84. The van der Waals surface area contributed by atoms with Crippen molar-refractivity contribution in [3.05, 3.63) is 64.7 Å². The Morgan fingerprint density at radius 1 is 0.818 bits per heavy atom. The largest absolute Gasteiger partial charge is 0.368 e. The summed E-state index contributed by atoms with van der Waals surface area (Å²) in [7, 11) is 0. The summed E-state index contributed by atoms with van der Waals surface area (Å²) < 4.78 is 0. The van der Waals surface area contributed by atoms with Crippen LogP contribution in [-0.2, 0) is 16.1 Å². The molecule has 174 valence electrons. The first kappa shape index (κ1) is 22.8. The topological polar surface area (TPSA) is 64.2 Å². The molecule has 0 aliphatic carbocycles. The summed E-state index contributed by atoms with van der Waals surface area (Å²) in [5, 5.41) is 0. The molecule has 2 aromatic rings. The van der Waals surface area contributed by atoms with Crippen LogP contribution in [0.25, 0.3) is 0 Å². The number of anilines is 1. The van der Waals surface area contributed by atoms with Crippen LogP contribution >= 0.6 is 0 Å². The van der Waals surface area contributed by atoms with Crippen molar-refractivity contribution in [2.24, 2.45) is 0 Å². The summed E-state index contributed by atoms with van der Waals surface area (Å²) in [6.45, 7) is 11.1. The summed E-state index contributed by atoms with van der Waals surface area (Å²) in [6, 6.07) is 13.9. The number of nitrogens with zero attached hydrogens (tertiary/aromatic N) is 4. The van der Waals surface area contributed by atoms with Crippen LogP contribution in [0.1, 0.15) is 34.0 Å². The van der Waals surface area contributed by atoms with Gasteiger partial charge in [0.1, 0.15) is 0 Å². The van der Waals surface area contributed by atoms with Crippen LogP contribution in [0.2, 0.25) is 0 Å². The quantitative estimate of drug-likeness (QED) is 0.660. The first-order chi connectivity index (χ1) is 15.9. The lowest BCUT2D eigenvalue weighted by molar-refractivity contribution is -0.156. The predicted octanol–water partition coefficient (Wildman–Crippen LogP) is 2.46. The van der Waals surface area contributed by atoms with Gasteiger partial charge in [0.15, 0.2) is 0 Å². The van der Waals surface area contributed by atoms with Crippen molar-refractivity contribution in [3.63, 3.8) is 0 Å². The second kappa shape index (κ2) is 9.65. The Morgan fingerprint density at radius 2 is 1.45 bits per heavy atom. The van der Waals surface area contributed by atoms with Gasteiger partial charge in [-0.05, 0) is 55.7 Å². The maximum atomic E-state index is 13.0. The van der Waals surface area contributed by atoms with Crippen molar-refractivity contribution < 1.29 is 14.4 Å². The summed E-state index contributed by atoms with van der Waals surface area (Å²) >= 11 is 0. The molecule has 2 fully saturated rings. The lowest BCUT2D eigenvalue weighted by atomic mass is 10.1. The van der Waals surface area contributed by atoms with Gasteiger partial charge in [0.05, 0.1) is 0 Å². The molecule has 0 unspecified atom stereocenters. The number of rotatable bonds is 5. The molecule has 0 radical (unpaired) electrons. The zero-order valence-electron chi connectivity index (χ0n) is 19.7. The van der Waals surface area contributed by atoms with Gasteiger partial charge < -0.3 is 19.6 Å². The normalized spacial score (nSPS) is 17.1. The van der Waals surface area contributed by atoms with Gasteiger partial charge in [-0.25, -0.2) is 0 Å². The van der Waals surface area contributed by atoms with Gasteiger partial charge in [0, 0.05) is 63.6 Å². The standard InChI is InChI=1S/C26H32N4O3/c1-4-27-11-16-30(26(33)25(27)32)18-21-7-9-22(10-8-21)24(31)29-14-12-28(13-15-29)23-17-19(2)5-6-20(23)3/h5-10,17H,4,11-16,18H2,1-3H3. The molecule has 33 heavy (non-hydrogen) atoms. The third-order valence-electron chi connectivity index (χ3n) is 6.63. The lowest BCUT2D eigenvalue weighted by Crippen LogP contribution is -2.53. The molecular weight excluding hydrogens is 416 g/mol. The second-order valence-electron chi connectivity index (χ2n) is 8.88. The van der Waals surface area contributed by atoms with Crippen LogP contribution < -0.4 is 4.90 Å². The monoisotopic (exact) mass is 448 g/mol. The number of aryl methyl sites for hydroxylation is 2. The Balaban J connectivity index is 1.34. The highest BCUT2D eigenvalue weighted by molar-refractivity contribution is 6.35. The van der Waals surface area contributed by atoms with Crippen LogP contribution in [0, 0.1) is 13.8 Å². The molecule has 2 heterocycles. The minimum atomic E-state index is -0.454. The van der Waals surface area contributed by atoms with Gasteiger partial charge in [0.25, 0.3) is 5.91 Å². The van der Waals surface area contributed by atoms with Crippen LogP contribution in [0.3, 0.4) is 0 Å². The lowest BCUT2D eigenvalue weighted by Gasteiger charge is -2.37. The molecule has 7 nitrogen and oxygen atoms in total. The van der Waals surface area contributed by atoms with Gasteiger partial charge in [-0.3, -0.25) is 14.4 Å². The van der Waals surface area contributed by atoms with E-state index in [1.54, 1.807) is 9.80 Å². The van der Waals surface area contributed by atoms with Gasteiger partial charge in [-0.15, -0.1) is 0 Å². The van der Waals surface area contributed by atoms with Crippen molar-refractivity contribution >= 4 is 23.4 Å². The molecular formula is C26H32N4O3. The van der Waals surface area contributed by atoms with Gasteiger partial charge >= 0.3 is 11.8 Å². The van der Waals surface area contributed by atoms with Gasteiger partial charge in [-0.2, -0.15) is 0 Å². The van der Waals surface area contributed by atoms with Crippen molar-refractivity contribution in [2.75, 3.05) is 50.7 Å². The van der Waals surface area contributed by atoms with Gasteiger partial charge in [0.2, 0.25) is 0 Å². The molecule has 2 saturated heterocycles. The fourth-order valence-corrected chi connectivity index (χ4v) is 4.53. The first-order valence-electron chi connectivity index (χ1n) is 11.7. The zero-order valence-corrected chi connectivity index (χ0v) is 19.7. The van der Waals surface area contributed by atoms with Crippen molar-refractivity contribution in [1.82, 2.24) is 14.7 Å². The number of carbonyl (C=O) groups is 3. The van der Waals surface area contributed by atoms with E-state index in [2.05, 4.69) is 36.9 Å². The molecule has 2 aromatic carbocycles. The first-order valence-corrected chi connectivity index (χ1v) is 11.7. The van der Waals surface area contributed by atoms with E-state index in [1.807, 2.05) is 36.1 Å². The Morgan fingerprint density at radius 3 is 2.12 bits per heavy atom. The van der Waals surface area contributed by atoms with Crippen LogP contribution in [0.15, 0.2) is 42.5 Å². The highest BCUT2D eigenvalue weighted by Gasteiger charge is 2.31. The average molecular weight is 449 g/mol. The van der Waals surface area contributed by atoms with Crippen molar-refractivity contribution in [1.29, 1.82) is 0 Å². The smallest absolute Gasteiger partial charge is 0.312 e. The van der Waals surface area contributed by atoms with E-state index in [9.17, 15) is 14.4 Å². The van der Waals surface area contributed by atoms with E-state index in [4.69, 9.17) is 0 Å². The van der Waals surface area contributed by atoms with E-state index in [0.29, 0.717) is 44.8 Å². The summed E-state index contributed by atoms with van der Waals surface area (Å²) in [6.07, 6.45) is 0. The fraction of sp³-hybridized carbons (Fsp3) is 0.423. The number of amides is 3. The molecule has 0 saturated carbocycles. The fourth-order valence-electron chi connectivity index (χ4n) is 4.53. The number of hydrogen-bond donors (Lipinski definition) is 0. The highest BCUT2D eigenvalue weighted by Crippen LogP contribution is 2.23. The Kier molecular flexibility index (Phi) is 6.67. The SMILES string of the molecule is CCN1CCN(Cc2ccc(C(=O)N3CCN(c4cc(C)ccc4C)CC3)cc2)C(=O)C1=O. The molecule has 2 aliphatic rings. The summed E-state index contributed by atoms with van der Waals surface area (Å²) in [5.41, 5.74) is 5.31. The molecule has 0 aromatic heterocycles. The van der Waals surface area contributed by atoms with E-state index in [0.717, 1.165) is 18.7 Å². The highest BCUT2D eigenvalue weighted by atomic mass is 16.2. The number of hydrogen-bond acceptors (Lipinski definition) is 4. The molecule has 0 spiro atoms. The Hall–Kier alpha value is -3.35. The van der Waals surface area contributed by atoms with Crippen molar-refractivity contribution in [3.8, 4) is 0 Å². The predicted molar refractivity (Wildman–Crippen MR) is 128 cm³/mol. The number of likely N-dealkylation sites (N-methyl/N-ethyl adjacent to an activating group) is 1. The second-order valence-corrected chi connectivity index (χ2v) is 8.88. The van der Waals surface area contributed by atoms with E-state index in [1.165, 1.54) is 16.8 Å². The minimum absolute atomic E-state index is 0.0324. The van der Waals surface area contributed by atoms with E-state index >= 15 is 0 Å². The maximum absolute atomic E-state index is 13.0.